The first kappa shape index (κ1) is 118. The molecule has 696 valence electrons. The maximum atomic E-state index is 12.9. The number of unbranched alkanes of at least 4 members (excludes halogenated alkanes) is 48. The molecule has 16 heteroatoms. The first-order valence-corrected chi connectivity index (χ1v) is 59.8. The smallest absolute Gasteiger partial charge is 0.319 e. The van der Waals surface area contributed by atoms with Crippen LogP contribution in [0.2, 0.25) is 38.3 Å². The summed E-state index contributed by atoms with van der Waals surface area (Å²) in [7, 11) is -3.46. The van der Waals surface area contributed by atoms with Crippen LogP contribution >= 0.6 is 23.5 Å². The minimum atomic E-state index is -1.73. The zero-order chi connectivity index (χ0) is 85.3. The SMILES string of the molecule is CCCCCCCCCCSC(CCCC)C(=O)OCCCCCCN(CCCCO)CCCCCCOC(CCCCCCC)O[Si](C)(C)CCCCCCCC.CCCCCCCCCCSC(CCCC)C(=O)OCCCCCCN(CCCCO)CCCCCCOC(CCCCCCC)O[Si](C)(C)CCCCCCCC. The van der Waals surface area contributed by atoms with Crippen LogP contribution in [-0.2, 0) is 37.4 Å². The van der Waals surface area contributed by atoms with E-state index in [0.717, 1.165) is 180 Å². The van der Waals surface area contributed by atoms with Gasteiger partial charge in [-0.1, -0.05) is 351 Å². The van der Waals surface area contributed by atoms with Crippen LogP contribution in [0.4, 0.5) is 0 Å². The van der Waals surface area contributed by atoms with Crippen LogP contribution in [0.15, 0.2) is 0 Å². The van der Waals surface area contributed by atoms with Crippen LogP contribution < -0.4 is 0 Å². The summed E-state index contributed by atoms with van der Waals surface area (Å²) in [6.45, 7) is 37.7. The molecule has 12 nitrogen and oxygen atoms in total. The van der Waals surface area contributed by atoms with Crippen molar-refractivity contribution in [3.8, 4) is 0 Å². The molecule has 0 aromatic carbocycles. The van der Waals surface area contributed by atoms with E-state index in [-0.39, 0.29) is 48.2 Å². The molecule has 0 aliphatic carbocycles. The third-order valence-electron chi connectivity index (χ3n) is 23.4. The maximum absolute atomic E-state index is 12.9. The van der Waals surface area contributed by atoms with Crippen LogP contribution in [0.3, 0.4) is 0 Å². The molecule has 0 saturated carbocycles. The summed E-state index contributed by atoms with van der Waals surface area (Å²) in [5, 5.41) is 18.8. The highest BCUT2D eigenvalue weighted by molar-refractivity contribution is 8.00. The number of aliphatic hydroxyl groups excluding tert-OH is 2. The quantitative estimate of drug-likeness (QED) is 0.0259. The van der Waals surface area contributed by atoms with Crippen molar-refractivity contribution < 1.29 is 47.6 Å². The molecule has 0 aliphatic heterocycles. The summed E-state index contributed by atoms with van der Waals surface area (Å²) in [5.74, 6) is 2.21. The van der Waals surface area contributed by atoms with Gasteiger partial charge in [0, 0.05) is 26.4 Å². The zero-order valence-electron chi connectivity index (χ0n) is 80.2. The maximum Gasteiger partial charge on any atom is 0.319 e. The van der Waals surface area contributed by atoms with Crippen molar-refractivity contribution in [1.29, 1.82) is 0 Å². The Morgan fingerprint density at radius 3 is 0.784 bits per heavy atom. The topological polar surface area (TPSA) is 136 Å². The number of thioether (sulfide) groups is 2. The van der Waals surface area contributed by atoms with Crippen molar-refractivity contribution in [2.24, 2.45) is 0 Å². The van der Waals surface area contributed by atoms with Gasteiger partial charge in [0.15, 0.2) is 16.6 Å². The van der Waals surface area contributed by atoms with Gasteiger partial charge in [-0.2, -0.15) is 0 Å². The van der Waals surface area contributed by atoms with Crippen molar-refractivity contribution in [2.45, 2.75) is 541 Å². The van der Waals surface area contributed by atoms with E-state index in [2.05, 4.69) is 91.4 Å². The van der Waals surface area contributed by atoms with Gasteiger partial charge in [-0.15, -0.1) is 23.5 Å². The number of hydrogen-bond acceptors (Lipinski definition) is 14. The zero-order valence-corrected chi connectivity index (χ0v) is 83.8. The molecule has 0 fully saturated rings. The molecule has 0 spiro atoms. The molecule has 0 heterocycles. The van der Waals surface area contributed by atoms with Gasteiger partial charge >= 0.3 is 11.9 Å². The lowest BCUT2D eigenvalue weighted by atomic mass is 10.1. The fourth-order valence-corrected chi connectivity index (χ4v) is 22.2. The summed E-state index contributed by atoms with van der Waals surface area (Å²) in [6.07, 6.45) is 81.1. The Hall–Kier alpha value is -0.246. The van der Waals surface area contributed by atoms with Crippen molar-refractivity contribution in [3.63, 3.8) is 0 Å². The Morgan fingerprint density at radius 2 is 0.500 bits per heavy atom. The molecular formula is C100H206N2O10S2Si2. The van der Waals surface area contributed by atoms with E-state index in [1.165, 1.54) is 320 Å². The fraction of sp³-hybridized carbons (Fsp3) is 0.980. The van der Waals surface area contributed by atoms with Crippen LogP contribution in [0.5, 0.6) is 0 Å². The van der Waals surface area contributed by atoms with Crippen molar-refractivity contribution in [3.05, 3.63) is 0 Å². The molecule has 0 aromatic rings. The lowest BCUT2D eigenvalue weighted by Gasteiger charge is -2.30. The second-order valence-corrected chi connectivity index (χ2v) is 47.4. The molecule has 116 heavy (non-hydrogen) atoms. The van der Waals surface area contributed by atoms with E-state index < -0.39 is 16.6 Å². The molecule has 4 unspecified atom stereocenters. The molecule has 2 N–H and O–H groups in total. The fourth-order valence-electron chi connectivity index (χ4n) is 15.6. The molecule has 0 aliphatic rings. The Kier molecular flexibility index (Phi) is 95.4. The van der Waals surface area contributed by atoms with Crippen molar-refractivity contribution >= 4 is 52.1 Å². The minimum absolute atomic E-state index is 0.0130. The van der Waals surface area contributed by atoms with E-state index in [1.807, 2.05) is 23.5 Å². The van der Waals surface area contributed by atoms with Crippen LogP contribution in [0.1, 0.15) is 479 Å². The average molecular weight is 1720 g/mol. The Labute approximate surface area is 735 Å². The second-order valence-electron chi connectivity index (χ2n) is 36.3. The number of aliphatic hydroxyl groups is 2. The highest BCUT2D eigenvalue weighted by atomic mass is 32.2. The summed E-state index contributed by atoms with van der Waals surface area (Å²) in [5.41, 5.74) is 0. The molecule has 0 radical (unpaired) electrons. The lowest BCUT2D eigenvalue weighted by Crippen LogP contribution is -2.37. The van der Waals surface area contributed by atoms with E-state index in [9.17, 15) is 19.8 Å². The molecule has 0 amide bonds. The number of rotatable bonds is 96. The van der Waals surface area contributed by atoms with Gasteiger partial charge in [-0.3, -0.25) is 9.59 Å². The molecule has 0 rings (SSSR count). The normalized spacial score (nSPS) is 13.1. The van der Waals surface area contributed by atoms with Crippen LogP contribution in [0, 0.1) is 0 Å². The van der Waals surface area contributed by atoms with Crippen molar-refractivity contribution in [1.82, 2.24) is 9.80 Å². The van der Waals surface area contributed by atoms with Gasteiger partial charge in [0.25, 0.3) is 0 Å². The summed E-state index contributed by atoms with van der Waals surface area (Å²) < 4.78 is 38.1. The molecule has 4 atom stereocenters. The third-order valence-corrected chi connectivity index (χ3v) is 31.0. The molecular weight excluding hydrogens is 1510 g/mol. The first-order valence-electron chi connectivity index (χ1n) is 51.5. The standard InChI is InChI=1S/2C50H103NO5SSi/c2*1-7-11-15-18-20-21-27-36-46-57-48(38-14-10-4)50(53)55-45-35-26-24-31-41-51(42-32-33-43-52)40-30-23-25-34-44-54-49(39-29-22-17-13-9-3)56-58(5,6)47-37-28-19-16-12-8-2/h2*48-49,52H,7-47H2,1-6H3. The van der Waals surface area contributed by atoms with Gasteiger partial charge in [0.05, 0.1) is 13.2 Å². The highest BCUT2D eigenvalue weighted by Gasteiger charge is 2.29. The largest absolute Gasteiger partial charge is 0.465 e. The van der Waals surface area contributed by atoms with Crippen LogP contribution in [-0.4, -0.2) is 162 Å². The number of nitrogens with zero attached hydrogens (tertiary/aromatic N) is 2. The second kappa shape index (κ2) is 93.9. The lowest BCUT2D eigenvalue weighted by molar-refractivity contribution is -0.144. The van der Waals surface area contributed by atoms with Gasteiger partial charge < -0.3 is 47.8 Å². The average Bonchev–Trinajstić information content (AvgIpc) is 0.907. The van der Waals surface area contributed by atoms with E-state index in [0.29, 0.717) is 13.2 Å². The number of carbonyl (C=O) groups excluding carboxylic acids is 2. The van der Waals surface area contributed by atoms with Crippen LogP contribution in [0.25, 0.3) is 0 Å². The third kappa shape index (κ3) is 85.9. The first-order chi connectivity index (χ1) is 56.7. The summed E-state index contributed by atoms with van der Waals surface area (Å²) in [6, 6.07) is 2.49. The van der Waals surface area contributed by atoms with Gasteiger partial charge in [-0.05, 0) is 217 Å². The summed E-state index contributed by atoms with van der Waals surface area (Å²) in [4.78, 5) is 31.1. The van der Waals surface area contributed by atoms with Crippen molar-refractivity contribution in [2.75, 3.05) is 90.4 Å². The Morgan fingerprint density at radius 1 is 0.267 bits per heavy atom. The monoisotopic (exact) mass is 1720 g/mol. The number of carbonyl (C=O) groups is 2. The highest BCUT2D eigenvalue weighted by Crippen LogP contribution is 2.28. The molecule has 0 saturated heterocycles. The molecule has 0 aromatic heterocycles. The van der Waals surface area contributed by atoms with Gasteiger partial charge in [0.2, 0.25) is 0 Å². The van der Waals surface area contributed by atoms with Gasteiger partial charge in [0.1, 0.15) is 23.1 Å². The van der Waals surface area contributed by atoms with E-state index >= 15 is 0 Å². The van der Waals surface area contributed by atoms with E-state index in [4.69, 9.17) is 27.8 Å². The predicted octanol–water partition coefficient (Wildman–Crippen LogP) is 30.9. The Bertz CT molecular complexity index is 1800. The van der Waals surface area contributed by atoms with Gasteiger partial charge in [-0.25, -0.2) is 0 Å². The summed E-state index contributed by atoms with van der Waals surface area (Å²) >= 11 is 3.68. The van der Waals surface area contributed by atoms with E-state index in [1.54, 1.807) is 0 Å². The minimum Gasteiger partial charge on any atom is -0.465 e. The number of hydrogen-bond donors (Lipinski definition) is 2. The number of ether oxygens (including phenoxy) is 4. The molecule has 0 bridgehead atoms. The Balaban J connectivity index is 0. The predicted molar refractivity (Wildman–Crippen MR) is 518 cm³/mol. The number of esters is 2.